The Bertz CT molecular complexity index is 1060. The van der Waals surface area contributed by atoms with E-state index < -0.39 is 23.5 Å². The van der Waals surface area contributed by atoms with Crippen LogP contribution >= 0.6 is 0 Å². The molecule has 170 valence electrons. The molecule has 0 heterocycles. The molecule has 2 aromatic carbocycles. The highest BCUT2D eigenvalue weighted by molar-refractivity contribution is 6.45. The quantitative estimate of drug-likeness (QED) is 0.344. The molecule has 32 heavy (non-hydrogen) atoms. The second-order valence-corrected chi connectivity index (χ2v) is 6.56. The predicted molar refractivity (Wildman–Crippen MR) is 110 cm³/mol. The minimum atomic E-state index is -4.57. The molecule has 0 atom stereocenters. The van der Waals surface area contributed by atoms with Gasteiger partial charge in [0, 0.05) is 23.6 Å². The number of benzene rings is 2. The summed E-state index contributed by atoms with van der Waals surface area (Å²) in [4.78, 5) is 34.2. The zero-order chi connectivity index (χ0) is 23.9. The second kappa shape index (κ2) is 10.6. The molecule has 0 aliphatic carbocycles. The molecule has 0 saturated heterocycles. The molecule has 0 aliphatic rings. The zero-order valence-electron chi connectivity index (χ0n) is 17.8. The van der Waals surface area contributed by atoms with Gasteiger partial charge in [-0.3, -0.25) is 4.79 Å². The SMILES string of the molecule is CO/N=C(/C(=O)OC)c1cccc(C)c1CO/N=C(\C(C)=O)c1cccc(C(F)(F)F)c1. The van der Waals surface area contributed by atoms with E-state index in [1.807, 2.05) is 0 Å². The molecule has 0 fully saturated rings. The summed E-state index contributed by atoms with van der Waals surface area (Å²) in [5.74, 6) is -1.32. The minimum absolute atomic E-state index is 0.0338. The summed E-state index contributed by atoms with van der Waals surface area (Å²) in [7, 11) is 2.46. The number of carbonyl (C=O) groups is 2. The molecule has 10 heteroatoms. The second-order valence-electron chi connectivity index (χ2n) is 6.56. The van der Waals surface area contributed by atoms with Crippen molar-refractivity contribution in [2.45, 2.75) is 26.6 Å². The van der Waals surface area contributed by atoms with E-state index in [0.29, 0.717) is 16.7 Å². The molecule has 0 unspecified atom stereocenters. The standard InChI is InChI=1S/C22H21F3N2O5/c1-13-7-5-10-17(20(26-31-4)21(29)30-3)18(13)12-32-27-19(14(2)28)15-8-6-9-16(11-15)22(23,24)25/h5-11H,12H2,1-4H3/b26-20+,27-19+. The normalized spacial score (nSPS) is 12.3. The summed E-state index contributed by atoms with van der Waals surface area (Å²) >= 11 is 0. The van der Waals surface area contributed by atoms with Gasteiger partial charge in [0.25, 0.3) is 0 Å². The van der Waals surface area contributed by atoms with Gasteiger partial charge in [-0.1, -0.05) is 40.6 Å². The number of hydrogen-bond acceptors (Lipinski definition) is 7. The number of aryl methyl sites for hydroxylation is 1. The van der Waals surface area contributed by atoms with Crippen LogP contribution in [0.2, 0.25) is 0 Å². The van der Waals surface area contributed by atoms with Gasteiger partial charge in [-0.2, -0.15) is 13.2 Å². The highest BCUT2D eigenvalue weighted by Gasteiger charge is 2.31. The molecule has 0 amide bonds. The van der Waals surface area contributed by atoms with Gasteiger partial charge in [-0.15, -0.1) is 0 Å². The minimum Gasteiger partial charge on any atom is -0.464 e. The van der Waals surface area contributed by atoms with Gasteiger partial charge < -0.3 is 14.4 Å². The largest absolute Gasteiger partial charge is 0.464 e. The van der Waals surface area contributed by atoms with Crippen LogP contribution in [-0.2, 0) is 36.8 Å². The Balaban J connectivity index is 2.40. The third-order valence-electron chi connectivity index (χ3n) is 4.39. The Labute approximate surface area is 182 Å². The average molecular weight is 450 g/mol. The van der Waals surface area contributed by atoms with Crippen LogP contribution in [0.25, 0.3) is 0 Å². The lowest BCUT2D eigenvalue weighted by Crippen LogP contribution is -2.20. The molecule has 0 saturated carbocycles. The molecule has 0 spiro atoms. The number of methoxy groups -OCH3 is 1. The van der Waals surface area contributed by atoms with Crippen LogP contribution in [0, 0.1) is 6.92 Å². The average Bonchev–Trinajstić information content (AvgIpc) is 2.74. The Hall–Kier alpha value is -3.69. The van der Waals surface area contributed by atoms with Gasteiger partial charge >= 0.3 is 12.1 Å². The first-order valence-corrected chi connectivity index (χ1v) is 9.27. The van der Waals surface area contributed by atoms with E-state index in [1.165, 1.54) is 33.3 Å². The fourth-order valence-corrected chi connectivity index (χ4v) is 2.82. The van der Waals surface area contributed by atoms with Crippen molar-refractivity contribution in [2.75, 3.05) is 14.2 Å². The Kier molecular flexibility index (Phi) is 8.11. The van der Waals surface area contributed by atoms with Gasteiger partial charge in [-0.25, -0.2) is 4.79 Å². The van der Waals surface area contributed by atoms with Gasteiger partial charge in [0.05, 0.1) is 12.7 Å². The number of alkyl halides is 3. The number of esters is 1. The van der Waals surface area contributed by atoms with Crippen LogP contribution in [0.1, 0.15) is 34.7 Å². The van der Waals surface area contributed by atoms with E-state index in [2.05, 4.69) is 10.3 Å². The monoisotopic (exact) mass is 450 g/mol. The summed E-state index contributed by atoms with van der Waals surface area (Å²) in [6.07, 6.45) is -4.57. The molecular weight excluding hydrogens is 429 g/mol. The molecule has 2 rings (SSSR count). The molecule has 0 aliphatic heterocycles. The van der Waals surface area contributed by atoms with Crippen molar-refractivity contribution in [1.82, 2.24) is 0 Å². The number of hydrogen-bond donors (Lipinski definition) is 0. The van der Waals surface area contributed by atoms with Gasteiger partial charge in [0.15, 0.2) is 17.2 Å². The Morgan fingerprint density at radius 3 is 2.28 bits per heavy atom. The van der Waals surface area contributed by atoms with Crippen LogP contribution in [0.15, 0.2) is 52.8 Å². The van der Waals surface area contributed by atoms with Crippen molar-refractivity contribution in [3.8, 4) is 0 Å². The smallest absolute Gasteiger partial charge is 0.416 e. The van der Waals surface area contributed by atoms with Crippen LogP contribution in [0.3, 0.4) is 0 Å². The summed E-state index contributed by atoms with van der Waals surface area (Å²) in [6, 6.07) is 9.28. The van der Waals surface area contributed by atoms with E-state index in [4.69, 9.17) is 14.4 Å². The molecule has 0 aromatic heterocycles. The van der Waals surface area contributed by atoms with Crippen LogP contribution in [-0.4, -0.2) is 37.4 Å². The van der Waals surface area contributed by atoms with E-state index in [9.17, 15) is 22.8 Å². The van der Waals surface area contributed by atoms with Crippen molar-refractivity contribution in [1.29, 1.82) is 0 Å². The van der Waals surface area contributed by atoms with E-state index in [1.54, 1.807) is 25.1 Å². The molecule has 7 nitrogen and oxygen atoms in total. The maximum Gasteiger partial charge on any atom is 0.416 e. The third kappa shape index (κ3) is 5.93. The number of nitrogens with zero attached hydrogens (tertiary/aromatic N) is 2. The molecule has 0 bridgehead atoms. The molecule has 0 radical (unpaired) electrons. The first-order valence-electron chi connectivity index (χ1n) is 9.27. The molecule has 0 N–H and O–H groups in total. The highest BCUT2D eigenvalue weighted by Crippen LogP contribution is 2.29. The van der Waals surface area contributed by atoms with Gasteiger partial charge in [-0.05, 0) is 24.6 Å². The number of carbonyl (C=O) groups excluding carboxylic acids is 2. The van der Waals surface area contributed by atoms with E-state index >= 15 is 0 Å². The number of halogens is 3. The summed E-state index contributed by atoms with van der Waals surface area (Å²) < 4.78 is 43.8. The Morgan fingerprint density at radius 2 is 1.69 bits per heavy atom. The number of ketones is 1. The number of rotatable bonds is 8. The van der Waals surface area contributed by atoms with E-state index in [-0.39, 0.29) is 23.6 Å². The first kappa shape index (κ1) is 24.6. The number of Topliss-reactive ketones (excluding diaryl/α,β-unsaturated/α-hetero) is 1. The molecule has 2 aromatic rings. The summed E-state index contributed by atoms with van der Waals surface area (Å²) in [5, 5.41) is 7.49. The van der Waals surface area contributed by atoms with Crippen molar-refractivity contribution >= 4 is 23.2 Å². The van der Waals surface area contributed by atoms with Gasteiger partial charge in [0.1, 0.15) is 13.7 Å². The van der Waals surface area contributed by atoms with Crippen LogP contribution < -0.4 is 0 Å². The summed E-state index contributed by atoms with van der Waals surface area (Å²) in [5.41, 5.74) is 0.253. The lowest BCUT2D eigenvalue weighted by molar-refractivity contribution is -0.137. The highest BCUT2D eigenvalue weighted by atomic mass is 19.4. The number of oxime groups is 2. The van der Waals surface area contributed by atoms with Crippen LogP contribution in [0.4, 0.5) is 13.2 Å². The third-order valence-corrected chi connectivity index (χ3v) is 4.39. The lowest BCUT2D eigenvalue weighted by Gasteiger charge is -2.13. The maximum absolute atomic E-state index is 13.0. The first-order chi connectivity index (χ1) is 15.1. The zero-order valence-corrected chi connectivity index (χ0v) is 17.8. The van der Waals surface area contributed by atoms with Crippen molar-refractivity contribution < 1.29 is 37.2 Å². The van der Waals surface area contributed by atoms with Gasteiger partial charge in [0.2, 0.25) is 0 Å². The van der Waals surface area contributed by atoms with Crippen molar-refractivity contribution in [3.05, 3.63) is 70.3 Å². The fourth-order valence-electron chi connectivity index (χ4n) is 2.82. The fraction of sp³-hybridized carbons (Fsp3) is 0.273. The topological polar surface area (TPSA) is 86.6 Å². The van der Waals surface area contributed by atoms with Crippen molar-refractivity contribution in [3.63, 3.8) is 0 Å². The maximum atomic E-state index is 13.0. The summed E-state index contributed by atoms with van der Waals surface area (Å²) in [6.45, 7) is 2.73. The predicted octanol–water partition coefficient (Wildman–Crippen LogP) is 4.05. The number of ether oxygens (including phenoxy) is 1. The van der Waals surface area contributed by atoms with Crippen LogP contribution in [0.5, 0.6) is 0 Å². The van der Waals surface area contributed by atoms with E-state index in [0.717, 1.165) is 12.1 Å². The van der Waals surface area contributed by atoms with Crippen molar-refractivity contribution in [2.24, 2.45) is 10.3 Å². The Morgan fingerprint density at radius 1 is 1.00 bits per heavy atom. The molecular formula is C22H21F3N2O5. The lowest BCUT2D eigenvalue weighted by atomic mass is 9.99.